The molecular weight excluding hydrogens is 306 g/mol. The van der Waals surface area contributed by atoms with Crippen molar-refractivity contribution in [3.63, 3.8) is 0 Å². The number of hydrogen-bond donors (Lipinski definition) is 0. The fraction of sp³-hybridized carbons (Fsp3) is 0.778. The van der Waals surface area contributed by atoms with Crippen LogP contribution in [0.15, 0.2) is 10.6 Å². The van der Waals surface area contributed by atoms with Gasteiger partial charge in [-0.05, 0) is 60.4 Å². The minimum Gasteiger partial charge on any atom is -0.444 e. The van der Waals surface area contributed by atoms with E-state index >= 15 is 0 Å². The number of carbonyl (C=O) groups excluding carboxylic acids is 1. The fourth-order valence-corrected chi connectivity index (χ4v) is 3.99. The third-order valence-corrected chi connectivity index (χ3v) is 5.02. The molecule has 0 aromatic carbocycles. The average Bonchev–Trinajstić information content (AvgIpc) is 2.98. The highest BCUT2D eigenvalue weighted by Gasteiger charge is 2.45. The van der Waals surface area contributed by atoms with Crippen molar-refractivity contribution in [1.29, 1.82) is 0 Å². The lowest BCUT2D eigenvalue weighted by molar-refractivity contribution is -0.00331. The van der Waals surface area contributed by atoms with Crippen LogP contribution in [0.4, 0.5) is 4.79 Å². The molecule has 6 nitrogen and oxygen atoms in total. The Morgan fingerprint density at radius 2 is 2.00 bits per heavy atom. The summed E-state index contributed by atoms with van der Waals surface area (Å²) in [7, 11) is 2.13. The summed E-state index contributed by atoms with van der Waals surface area (Å²) in [6, 6.07) is 3.04. The largest absolute Gasteiger partial charge is 0.444 e. The number of nitrogens with zero attached hydrogens (tertiary/aromatic N) is 3. The van der Waals surface area contributed by atoms with Crippen LogP contribution in [-0.4, -0.2) is 51.8 Å². The maximum atomic E-state index is 12.5. The third-order valence-electron chi connectivity index (χ3n) is 5.02. The van der Waals surface area contributed by atoms with Crippen LogP contribution >= 0.6 is 0 Å². The lowest BCUT2D eigenvalue weighted by atomic mass is 9.96. The molecule has 134 valence electrons. The van der Waals surface area contributed by atoms with Gasteiger partial charge in [0.05, 0.1) is 12.2 Å². The van der Waals surface area contributed by atoms with Gasteiger partial charge in [0.15, 0.2) is 5.76 Å². The standard InChI is InChI=1S/C18H29N3O3/c1-12-8-16(24-19-12)11-20(5)15-9-13-6-7-14(10-15)21(13)17(22)23-18(2,3)4/h8,13-15H,6-7,9-11H2,1-5H3. The van der Waals surface area contributed by atoms with Crippen LogP contribution < -0.4 is 0 Å². The summed E-state index contributed by atoms with van der Waals surface area (Å²) in [5, 5.41) is 3.96. The van der Waals surface area contributed by atoms with Gasteiger partial charge in [0, 0.05) is 24.2 Å². The van der Waals surface area contributed by atoms with Crippen molar-refractivity contribution < 1.29 is 14.1 Å². The van der Waals surface area contributed by atoms with Gasteiger partial charge in [0.2, 0.25) is 0 Å². The van der Waals surface area contributed by atoms with E-state index < -0.39 is 5.60 Å². The number of aromatic nitrogens is 1. The molecule has 0 radical (unpaired) electrons. The molecule has 2 bridgehead atoms. The molecule has 3 heterocycles. The Bertz CT molecular complexity index is 579. The Balaban J connectivity index is 1.61. The van der Waals surface area contributed by atoms with Gasteiger partial charge >= 0.3 is 6.09 Å². The van der Waals surface area contributed by atoms with Crippen molar-refractivity contribution in [2.75, 3.05) is 7.05 Å². The van der Waals surface area contributed by atoms with Crippen molar-refractivity contribution in [2.45, 2.75) is 83.6 Å². The Morgan fingerprint density at radius 3 is 2.50 bits per heavy atom. The third kappa shape index (κ3) is 3.74. The molecule has 2 aliphatic rings. The van der Waals surface area contributed by atoms with E-state index in [0.29, 0.717) is 18.1 Å². The van der Waals surface area contributed by atoms with Gasteiger partial charge in [-0.25, -0.2) is 4.79 Å². The van der Waals surface area contributed by atoms with Gasteiger partial charge in [-0.15, -0.1) is 0 Å². The molecule has 2 aliphatic heterocycles. The Morgan fingerprint density at radius 1 is 1.38 bits per heavy atom. The first-order valence-electron chi connectivity index (χ1n) is 8.86. The topological polar surface area (TPSA) is 58.8 Å². The summed E-state index contributed by atoms with van der Waals surface area (Å²) in [6.07, 6.45) is 4.01. The fourth-order valence-electron chi connectivity index (χ4n) is 3.99. The Kier molecular flexibility index (Phi) is 4.60. The molecule has 2 fully saturated rings. The van der Waals surface area contributed by atoms with Crippen LogP contribution in [0.3, 0.4) is 0 Å². The zero-order valence-corrected chi connectivity index (χ0v) is 15.4. The predicted octanol–water partition coefficient (Wildman–Crippen LogP) is 3.35. The molecule has 6 heteroatoms. The van der Waals surface area contributed by atoms with Gasteiger partial charge in [-0.1, -0.05) is 5.16 Å². The summed E-state index contributed by atoms with van der Waals surface area (Å²) in [4.78, 5) is 16.8. The van der Waals surface area contributed by atoms with Crippen LogP contribution in [0.25, 0.3) is 0 Å². The summed E-state index contributed by atoms with van der Waals surface area (Å²) in [5.74, 6) is 0.900. The van der Waals surface area contributed by atoms with E-state index in [9.17, 15) is 4.79 Å². The number of hydrogen-bond acceptors (Lipinski definition) is 5. The maximum Gasteiger partial charge on any atom is 0.410 e. The van der Waals surface area contributed by atoms with Crippen LogP contribution in [0.1, 0.15) is 57.9 Å². The molecule has 0 N–H and O–H groups in total. The highest BCUT2D eigenvalue weighted by Crippen LogP contribution is 2.38. The first-order chi connectivity index (χ1) is 11.2. The number of ether oxygens (including phenoxy) is 1. The Labute approximate surface area is 144 Å². The predicted molar refractivity (Wildman–Crippen MR) is 90.6 cm³/mol. The lowest BCUT2D eigenvalue weighted by Crippen LogP contribution is -2.52. The second kappa shape index (κ2) is 6.39. The number of piperidine rings is 1. The van der Waals surface area contributed by atoms with Gasteiger partial charge in [0.1, 0.15) is 5.60 Å². The van der Waals surface area contributed by atoms with Gasteiger partial charge in [-0.2, -0.15) is 0 Å². The number of aryl methyl sites for hydroxylation is 1. The molecule has 1 aromatic heterocycles. The van der Waals surface area contributed by atoms with Crippen LogP contribution in [0.2, 0.25) is 0 Å². The summed E-state index contributed by atoms with van der Waals surface area (Å²) in [5.41, 5.74) is 0.479. The van der Waals surface area contributed by atoms with Gasteiger partial charge in [0.25, 0.3) is 0 Å². The molecule has 0 saturated carbocycles. The zero-order valence-electron chi connectivity index (χ0n) is 15.4. The number of rotatable bonds is 3. The average molecular weight is 335 g/mol. The highest BCUT2D eigenvalue weighted by molar-refractivity contribution is 5.69. The van der Waals surface area contributed by atoms with Crippen LogP contribution in [0, 0.1) is 6.92 Å². The number of amides is 1. The Hall–Kier alpha value is -1.56. The second-order valence-electron chi connectivity index (χ2n) is 8.25. The van der Waals surface area contributed by atoms with Crippen molar-refractivity contribution in [3.8, 4) is 0 Å². The zero-order chi connectivity index (χ0) is 17.5. The first kappa shape index (κ1) is 17.3. The van der Waals surface area contributed by atoms with E-state index in [0.717, 1.165) is 43.7 Å². The van der Waals surface area contributed by atoms with E-state index in [1.54, 1.807) is 0 Å². The summed E-state index contributed by atoms with van der Waals surface area (Å²) < 4.78 is 10.9. The molecule has 2 unspecified atom stereocenters. The SMILES string of the molecule is Cc1cc(CN(C)C2CC3CCC(C2)N3C(=O)OC(C)(C)C)on1. The molecular formula is C18H29N3O3. The van der Waals surface area contributed by atoms with Crippen molar-refractivity contribution in [1.82, 2.24) is 15.0 Å². The van der Waals surface area contributed by atoms with Crippen molar-refractivity contribution >= 4 is 6.09 Å². The van der Waals surface area contributed by atoms with Crippen LogP contribution in [0.5, 0.6) is 0 Å². The minimum atomic E-state index is -0.436. The first-order valence-corrected chi connectivity index (χ1v) is 8.86. The molecule has 2 atom stereocenters. The molecule has 1 aromatic rings. The van der Waals surface area contributed by atoms with Gasteiger partial charge < -0.3 is 14.2 Å². The molecule has 0 spiro atoms. The number of carbonyl (C=O) groups is 1. The summed E-state index contributed by atoms with van der Waals surface area (Å²) in [6.45, 7) is 8.47. The molecule has 2 saturated heterocycles. The van der Waals surface area contributed by atoms with E-state index in [-0.39, 0.29) is 6.09 Å². The molecule has 3 rings (SSSR count). The van der Waals surface area contributed by atoms with Crippen LogP contribution in [-0.2, 0) is 11.3 Å². The smallest absolute Gasteiger partial charge is 0.410 e. The second-order valence-corrected chi connectivity index (χ2v) is 8.25. The quantitative estimate of drug-likeness (QED) is 0.848. The highest BCUT2D eigenvalue weighted by atomic mass is 16.6. The van der Waals surface area contributed by atoms with E-state index in [4.69, 9.17) is 9.26 Å². The van der Waals surface area contributed by atoms with Gasteiger partial charge in [-0.3, -0.25) is 4.90 Å². The van der Waals surface area contributed by atoms with E-state index in [1.165, 1.54) is 0 Å². The van der Waals surface area contributed by atoms with Crippen molar-refractivity contribution in [3.05, 3.63) is 17.5 Å². The monoisotopic (exact) mass is 335 g/mol. The van der Waals surface area contributed by atoms with Crippen molar-refractivity contribution in [2.24, 2.45) is 0 Å². The minimum absolute atomic E-state index is 0.151. The van der Waals surface area contributed by atoms with E-state index in [1.807, 2.05) is 38.7 Å². The molecule has 24 heavy (non-hydrogen) atoms. The molecule has 1 amide bonds. The number of fused-ring (bicyclic) bond motifs is 2. The van der Waals surface area contributed by atoms with E-state index in [2.05, 4.69) is 17.1 Å². The normalized spacial score (nSPS) is 26.9. The molecule has 0 aliphatic carbocycles. The maximum absolute atomic E-state index is 12.5. The lowest BCUT2D eigenvalue weighted by Gasteiger charge is -2.42. The summed E-state index contributed by atoms with van der Waals surface area (Å²) >= 11 is 0.